The Hall–Kier alpha value is -1.29. The zero-order valence-corrected chi connectivity index (χ0v) is 12.3. The number of nitrogen functional groups attached to an aromatic ring is 1. The second-order valence-corrected chi connectivity index (χ2v) is 6.72. The Labute approximate surface area is 117 Å². The number of hydrogen-bond acceptors (Lipinski definition) is 4. The predicted molar refractivity (Wildman–Crippen MR) is 79.6 cm³/mol. The minimum atomic E-state index is 0.336. The van der Waals surface area contributed by atoms with E-state index in [4.69, 9.17) is 10.3 Å². The molecule has 0 spiro atoms. The van der Waals surface area contributed by atoms with Crippen LogP contribution in [0.15, 0.2) is 10.6 Å². The molecule has 2 aromatic rings. The second kappa shape index (κ2) is 5.00. The molecule has 0 aromatic carbocycles. The van der Waals surface area contributed by atoms with Crippen LogP contribution in [-0.4, -0.2) is 5.16 Å². The van der Waals surface area contributed by atoms with Gasteiger partial charge in [-0.05, 0) is 43.2 Å². The van der Waals surface area contributed by atoms with Crippen molar-refractivity contribution in [3.63, 3.8) is 0 Å². The average molecular weight is 276 g/mol. The number of nitrogens with two attached hydrogens (primary N) is 1. The fraction of sp³-hybridized carbons (Fsp3) is 0.533. The smallest absolute Gasteiger partial charge is 0.182 e. The molecule has 0 amide bonds. The normalized spacial score (nSPS) is 15.5. The van der Waals surface area contributed by atoms with Crippen LogP contribution < -0.4 is 5.73 Å². The van der Waals surface area contributed by atoms with Crippen LogP contribution in [0.25, 0.3) is 10.6 Å². The van der Waals surface area contributed by atoms with E-state index in [-0.39, 0.29) is 0 Å². The fourth-order valence-corrected chi connectivity index (χ4v) is 4.07. The zero-order chi connectivity index (χ0) is 13.4. The third kappa shape index (κ3) is 2.29. The van der Waals surface area contributed by atoms with Gasteiger partial charge in [0.15, 0.2) is 11.6 Å². The maximum atomic E-state index is 5.93. The first-order valence-corrected chi connectivity index (χ1v) is 7.85. The topological polar surface area (TPSA) is 52.0 Å². The average Bonchev–Trinajstić information content (AvgIpc) is 2.87. The highest BCUT2D eigenvalue weighted by atomic mass is 32.1. The van der Waals surface area contributed by atoms with E-state index in [9.17, 15) is 0 Å². The lowest BCUT2D eigenvalue weighted by Gasteiger charge is -2.03. The van der Waals surface area contributed by atoms with Gasteiger partial charge in [-0.15, -0.1) is 11.3 Å². The number of aromatic nitrogens is 1. The van der Waals surface area contributed by atoms with Gasteiger partial charge >= 0.3 is 0 Å². The Morgan fingerprint density at radius 2 is 2.05 bits per heavy atom. The van der Waals surface area contributed by atoms with E-state index < -0.39 is 0 Å². The molecule has 102 valence electrons. The van der Waals surface area contributed by atoms with Crippen molar-refractivity contribution in [2.24, 2.45) is 0 Å². The molecule has 0 saturated heterocycles. The van der Waals surface area contributed by atoms with Crippen molar-refractivity contribution in [3.05, 3.63) is 22.1 Å². The monoisotopic (exact) mass is 276 g/mol. The van der Waals surface area contributed by atoms with Crippen molar-refractivity contribution in [1.29, 1.82) is 0 Å². The molecule has 0 bridgehead atoms. The van der Waals surface area contributed by atoms with Gasteiger partial charge in [-0.3, -0.25) is 0 Å². The highest BCUT2D eigenvalue weighted by Crippen LogP contribution is 2.40. The molecule has 3 nitrogen and oxygen atoms in total. The molecule has 4 heteroatoms. The Morgan fingerprint density at radius 3 is 2.84 bits per heavy atom. The molecular formula is C15H20N2OS. The molecular weight excluding hydrogens is 256 g/mol. The molecule has 0 radical (unpaired) electrons. The molecule has 2 aromatic heterocycles. The van der Waals surface area contributed by atoms with Gasteiger partial charge in [-0.25, -0.2) is 0 Å². The maximum Gasteiger partial charge on any atom is 0.182 e. The van der Waals surface area contributed by atoms with Crippen LogP contribution in [0.1, 0.15) is 55.0 Å². The number of nitrogens with zero attached hydrogens (tertiary/aromatic N) is 1. The van der Waals surface area contributed by atoms with Gasteiger partial charge < -0.3 is 10.3 Å². The lowest BCUT2D eigenvalue weighted by atomic mass is 10.0. The van der Waals surface area contributed by atoms with Gasteiger partial charge in [0.1, 0.15) is 0 Å². The molecule has 2 heterocycles. The molecule has 1 aliphatic rings. The van der Waals surface area contributed by atoms with Crippen LogP contribution in [0.4, 0.5) is 5.82 Å². The minimum absolute atomic E-state index is 0.336. The first kappa shape index (κ1) is 12.7. The van der Waals surface area contributed by atoms with E-state index in [1.165, 1.54) is 47.4 Å². The Balaban J connectivity index is 2.03. The first-order chi connectivity index (χ1) is 9.16. The van der Waals surface area contributed by atoms with Crippen molar-refractivity contribution in [1.82, 2.24) is 5.16 Å². The highest BCUT2D eigenvalue weighted by Gasteiger charge is 2.22. The SMILES string of the molecule is CC(C)c1c(N)noc1-c1cc2c(s1)CCCCC2. The standard InChI is InChI=1S/C15H20N2OS/c1-9(2)13-14(18-17-15(13)16)12-8-10-6-4-3-5-7-11(10)19-12/h8-9H,3-7H2,1-2H3,(H2,16,17). The van der Waals surface area contributed by atoms with Crippen molar-refractivity contribution in [3.8, 4) is 10.6 Å². The predicted octanol–water partition coefficient (Wildman–Crippen LogP) is 4.38. The summed E-state index contributed by atoms with van der Waals surface area (Å²) in [5.41, 5.74) is 8.48. The lowest BCUT2D eigenvalue weighted by molar-refractivity contribution is 0.435. The number of aryl methyl sites for hydroxylation is 2. The second-order valence-electron chi connectivity index (χ2n) is 5.59. The molecule has 0 saturated carbocycles. The summed E-state index contributed by atoms with van der Waals surface area (Å²) in [7, 11) is 0. The van der Waals surface area contributed by atoms with Crippen LogP contribution in [0.3, 0.4) is 0 Å². The van der Waals surface area contributed by atoms with E-state index in [1.54, 1.807) is 0 Å². The lowest BCUT2D eigenvalue weighted by Crippen LogP contribution is -1.94. The molecule has 0 aliphatic heterocycles. The molecule has 0 unspecified atom stereocenters. The van der Waals surface area contributed by atoms with Crippen LogP contribution in [-0.2, 0) is 12.8 Å². The molecule has 0 atom stereocenters. The van der Waals surface area contributed by atoms with Crippen molar-refractivity contribution in [2.75, 3.05) is 5.73 Å². The van der Waals surface area contributed by atoms with Crippen molar-refractivity contribution in [2.45, 2.75) is 51.9 Å². The highest BCUT2D eigenvalue weighted by molar-refractivity contribution is 7.15. The largest absolute Gasteiger partial charge is 0.381 e. The number of fused-ring (bicyclic) bond motifs is 1. The summed E-state index contributed by atoms with van der Waals surface area (Å²) in [5, 5.41) is 3.95. The van der Waals surface area contributed by atoms with Crippen LogP contribution in [0.2, 0.25) is 0 Å². The number of hydrogen-bond donors (Lipinski definition) is 1. The van der Waals surface area contributed by atoms with Crippen LogP contribution in [0.5, 0.6) is 0 Å². The summed E-state index contributed by atoms with van der Waals surface area (Å²) >= 11 is 1.86. The Morgan fingerprint density at radius 1 is 1.26 bits per heavy atom. The van der Waals surface area contributed by atoms with Gasteiger partial charge in [0.05, 0.1) is 4.88 Å². The summed E-state index contributed by atoms with van der Waals surface area (Å²) in [6, 6.07) is 2.29. The summed E-state index contributed by atoms with van der Waals surface area (Å²) in [4.78, 5) is 2.72. The summed E-state index contributed by atoms with van der Waals surface area (Å²) < 4.78 is 5.49. The first-order valence-electron chi connectivity index (χ1n) is 7.04. The van der Waals surface area contributed by atoms with Crippen molar-refractivity contribution < 1.29 is 4.52 Å². The summed E-state index contributed by atoms with van der Waals surface area (Å²) in [6.45, 7) is 4.26. The molecule has 19 heavy (non-hydrogen) atoms. The Bertz CT molecular complexity index is 559. The number of anilines is 1. The molecule has 1 aliphatic carbocycles. The third-order valence-electron chi connectivity index (χ3n) is 3.80. The van der Waals surface area contributed by atoms with Gasteiger partial charge in [-0.2, -0.15) is 0 Å². The molecule has 0 fully saturated rings. The van der Waals surface area contributed by atoms with Gasteiger partial charge in [0.25, 0.3) is 0 Å². The maximum absolute atomic E-state index is 5.93. The minimum Gasteiger partial charge on any atom is -0.381 e. The zero-order valence-electron chi connectivity index (χ0n) is 11.5. The summed E-state index contributed by atoms with van der Waals surface area (Å²) in [6.07, 6.45) is 6.37. The van der Waals surface area contributed by atoms with E-state index in [0.29, 0.717) is 11.7 Å². The third-order valence-corrected chi connectivity index (χ3v) is 5.04. The molecule has 2 N–H and O–H groups in total. The summed E-state index contributed by atoms with van der Waals surface area (Å²) in [5.74, 6) is 1.75. The Kier molecular flexibility index (Phi) is 3.35. The van der Waals surface area contributed by atoms with Gasteiger partial charge in [-0.1, -0.05) is 25.4 Å². The van der Waals surface area contributed by atoms with Gasteiger partial charge in [0.2, 0.25) is 0 Å². The van der Waals surface area contributed by atoms with E-state index in [0.717, 1.165) is 11.3 Å². The van der Waals surface area contributed by atoms with E-state index >= 15 is 0 Å². The molecule has 3 rings (SSSR count). The van der Waals surface area contributed by atoms with Gasteiger partial charge in [0, 0.05) is 10.4 Å². The van der Waals surface area contributed by atoms with Crippen molar-refractivity contribution >= 4 is 17.2 Å². The number of thiophene rings is 1. The van der Waals surface area contributed by atoms with Crippen LogP contribution >= 0.6 is 11.3 Å². The quantitative estimate of drug-likeness (QED) is 0.828. The van der Waals surface area contributed by atoms with Crippen LogP contribution in [0, 0.1) is 0 Å². The van der Waals surface area contributed by atoms with E-state index in [2.05, 4.69) is 25.1 Å². The van der Waals surface area contributed by atoms with E-state index in [1.807, 2.05) is 11.3 Å². The fourth-order valence-electron chi connectivity index (χ4n) is 2.82. The number of rotatable bonds is 2.